The Labute approximate surface area is 102 Å². The van der Waals surface area contributed by atoms with Crippen LogP contribution in [0.3, 0.4) is 0 Å². The van der Waals surface area contributed by atoms with Crippen LogP contribution in [-0.4, -0.2) is 35.8 Å². The predicted molar refractivity (Wildman–Crippen MR) is 62.9 cm³/mol. The molecule has 0 heterocycles. The van der Waals surface area contributed by atoms with Crippen molar-refractivity contribution < 1.29 is 9.59 Å². The van der Waals surface area contributed by atoms with Crippen molar-refractivity contribution in [1.82, 2.24) is 10.2 Å². The maximum Gasteiger partial charge on any atom is 0.312 e. The Morgan fingerprint density at radius 2 is 2.00 bits per heavy atom. The number of hydrogen-bond acceptors (Lipinski definition) is 3. The predicted octanol–water partition coefficient (Wildman–Crippen LogP) is 0.807. The molecule has 0 aromatic carbocycles. The van der Waals surface area contributed by atoms with Gasteiger partial charge in [-0.05, 0) is 19.8 Å². The van der Waals surface area contributed by atoms with Gasteiger partial charge in [0.1, 0.15) is 6.54 Å². The molecular formula is C12H19N3O2. The number of carbonyl (C=O) groups excluding carboxylic acids is 2. The number of nitrogens with zero attached hydrogens (tertiary/aromatic N) is 2. The van der Waals surface area contributed by atoms with Crippen molar-refractivity contribution in [3.8, 4) is 6.07 Å². The summed E-state index contributed by atoms with van der Waals surface area (Å²) in [5.41, 5.74) is 0. The third kappa shape index (κ3) is 3.74. The molecule has 5 nitrogen and oxygen atoms in total. The smallest absolute Gasteiger partial charge is 0.312 e. The second-order valence-electron chi connectivity index (χ2n) is 4.22. The van der Waals surface area contributed by atoms with Crippen molar-refractivity contribution in [3.63, 3.8) is 0 Å². The Balaban J connectivity index is 2.56. The average Bonchev–Trinajstić information content (AvgIpc) is 2.38. The van der Waals surface area contributed by atoms with Gasteiger partial charge < -0.3 is 10.2 Å². The largest absolute Gasteiger partial charge is 0.335 e. The van der Waals surface area contributed by atoms with E-state index in [1.165, 1.54) is 6.42 Å². The lowest BCUT2D eigenvalue weighted by molar-refractivity contribution is -0.147. The number of nitriles is 1. The summed E-state index contributed by atoms with van der Waals surface area (Å²) in [4.78, 5) is 25.0. The summed E-state index contributed by atoms with van der Waals surface area (Å²) in [6.07, 6.45) is 5.40. The molecule has 2 amide bonds. The lowest BCUT2D eigenvalue weighted by Gasteiger charge is -2.32. The first kappa shape index (κ1) is 13.5. The highest BCUT2D eigenvalue weighted by Gasteiger charge is 2.28. The molecule has 0 aliphatic heterocycles. The molecule has 0 aromatic rings. The summed E-state index contributed by atoms with van der Waals surface area (Å²) < 4.78 is 0. The van der Waals surface area contributed by atoms with Crippen LogP contribution in [0.1, 0.15) is 39.0 Å². The van der Waals surface area contributed by atoms with Gasteiger partial charge in [-0.25, -0.2) is 0 Å². The molecule has 0 atom stereocenters. The Bertz CT molecular complexity index is 316. The lowest BCUT2D eigenvalue weighted by Crippen LogP contribution is -2.48. The van der Waals surface area contributed by atoms with Crippen LogP contribution in [0.25, 0.3) is 0 Å². The monoisotopic (exact) mass is 237 g/mol. The van der Waals surface area contributed by atoms with Gasteiger partial charge in [0.2, 0.25) is 0 Å². The Hall–Kier alpha value is -1.57. The van der Waals surface area contributed by atoms with Gasteiger partial charge in [0.15, 0.2) is 0 Å². The van der Waals surface area contributed by atoms with E-state index in [1.54, 1.807) is 11.0 Å². The first-order valence-corrected chi connectivity index (χ1v) is 6.16. The number of nitrogens with one attached hydrogen (secondary N) is 1. The first-order chi connectivity index (χ1) is 8.20. The van der Waals surface area contributed by atoms with E-state index >= 15 is 0 Å². The van der Waals surface area contributed by atoms with Crippen LogP contribution in [0, 0.1) is 11.3 Å². The second-order valence-corrected chi connectivity index (χ2v) is 4.22. The fraction of sp³-hybridized carbons (Fsp3) is 0.750. The highest BCUT2D eigenvalue weighted by molar-refractivity contribution is 6.35. The highest BCUT2D eigenvalue weighted by atomic mass is 16.2. The molecule has 1 aliphatic rings. The van der Waals surface area contributed by atoms with Crippen LogP contribution in [0.4, 0.5) is 0 Å². The first-order valence-electron chi connectivity index (χ1n) is 6.16. The number of hydrogen-bond donors (Lipinski definition) is 1. The van der Waals surface area contributed by atoms with Gasteiger partial charge in [-0.3, -0.25) is 9.59 Å². The normalized spacial score (nSPS) is 16.0. The van der Waals surface area contributed by atoms with Crippen molar-refractivity contribution >= 4 is 11.8 Å². The quantitative estimate of drug-likeness (QED) is 0.583. The minimum Gasteiger partial charge on any atom is -0.335 e. The van der Waals surface area contributed by atoms with Gasteiger partial charge in [0.05, 0.1) is 6.07 Å². The van der Waals surface area contributed by atoms with E-state index in [1.807, 2.05) is 6.92 Å². The maximum atomic E-state index is 11.9. The molecule has 1 N–H and O–H groups in total. The van der Waals surface area contributed by atoms with Crippen LogP contribution in [0.2, 0.25) is 0 Å². The van der Waals surface area contributed by atoms with Gasteiger partial charge in [-0.2, -0.15) is 5.26 Å². The third-order valence-electron chi connectivity index (χ3n) is 3.14. The van der Waals surface area contributed by atoms with Crippen LogP contribution in [0.5, 0.6) is 0 Å². The molecule has 17 heavy (non-hydrogen) atoms. The second kappa shape index (κ2) is 6.89. The number of likely N-dealkylation sites (N-methyl/N-ethyl adjacent to an activating group) is 1. The molecule has 0 bridgehead atoms. The minimum atomic E-state index is -0.668. The van der Waals surface area contributed by atoms with E-state index in [0.717, 1.165) is 25.7 Å². The van der Waals surface area contributed by atoms with Gasteiger partial charge in [0.25, 0.3) is 0 Å². The Kier molecular flexibility index (Phi) is 5.47. The number of amides is 2. The lowest BCUT2D eigenvalue weighted by atomic mass is 9.94. The molecule has 5 heteroatoms. The number of carbonyl (C=O) groups is 2. The number of rotatable bonds is 3. The fourth-order valence-electron chi connectivity index (χ4n) is 2.29. The topological polar surface area (TPSA) is 73.2 Å². The van der Waals surface area contributed by atoms with Crippen molar-refractivity contribution in [2.24, 2.45) is 0 Å². The van der Waals surface area contributed by atoms with Crippen LogP contribution in [0.15, 0.2) is 0 Å². The molecular weight excluding hydrogens is 218 g/mol. The van der Waals surface area contributed by atoms with Crippen molar-refractivity contribution in [1.29, 1.82) is 5.26 Å². The van der Waals surface area contributed by atoms with E-state index in [-0.39, 0.29) is 12.6 Å². The highest BCUT2D eigenvalue weighted by Crippen LogP contribution is 2.22. The summed E-state index contributed by atoms with van der Waals surface area (Å²) in [5, 5.41) is 10.6. The van der Waals surface area contributed by atoms with Crippen LogP contribution in [-0.2, 0) is 9.59 Å². The maximum absolute atomic E-state index is 11.9. The van der Waals surface area contributed by atoms with Crippen LogP contribution < -0.4 is 5.32 Å². The molecule has 1 fully saturated rings. The SMILES string of the molecule is CCN(C(=O)C(=O)NCC#N)C1CCCCC1. The third-order valence-corrected chi connectivity index (χ3v) is 3.14. The van der Waals surface area contributed by atoms with E-state index in [9.17, 15) is 9.59 Å². The zero-order chi connectivity index (χ0) is 12.7. The molecule has 0 aromatic heterocycles. The summed E-state index contributed by atoms with van der Waals surface area (Å²) in [6.45, 7) is 2.31. The Morgan fingerprint density at radius 1 is 1.35 bits per heavy atom. The Morgan fingerprint density at radius 3 is 2.53 bits per heavy atom. The van der Waals surface area contributed by atoms with Gasteiger partial charge >= 0.3 is 11.8 Å². The summed E-state index contributed by atoms with van der Waals surface area (Å²) in [6, 6.07) is 1.98. The summed E-state index contributed by atoms with van der Waals surface area (Å²) >= 11 is 0. The van der Waals surface area contributed by atoms with Crippen molar-refractivity contribution in [2.75, 3.05) is 13.1 Å². The van der Waals surface area contributed by atoms with Gasteiger partial charge in [-0.1, -0.05) is 19.3 Å². The molecule has 1 aliphatic carbocycles. The summed E-state index contributed by atoms with van der Waals surface area (Å²) in [5.74, 6) is -1.17. The molecule has 1 rings (SSSR count). The molecule has 0 unspecified atom stereocenters. The zero-order valence-corrected chi connectivity index (χ0v) is 10.2. The zero-order valence-electron chi connectivity index (χ0n) is 10.2. The van der Waals surface area contributed by atoms with Crippen LogP contribution >= 0.6 is 0 Å². The molecule has 1 saturated carbocycles. The van der Waals surface area contributed by atoms with E-state index in [4.69, 9.17) is 5.26 Å². The van der Waals surface area contributed by atoms with E-state index in [0.29, 0.717) is 6.54 Å². The van der Waals surface area contributed by atoms with Crippen molar-refractivity contribution in [2.45, 2.75) is 45.1 Å². The van der Waals surface area contributed by atoms with Gasteiger partial charge in [0, 0.05) is 12.6 Å². The van der Waals surface area contributed by atoms with Gasteiger partial charge in [-0.15, -0.1) is 0 Å². The molecule has 94 valence electrons. The average molecular weight is 237 g/mol. The standard InChI is InChI=1S/C12H19N3O2/c1-2-15(10-6-4-3-5-7-10)12(17)11(16)14-9-8-13/h10H,2-7,9H2,1H3,(H,14,16). The summed E-state index contributed by atoms with van der Waals surface area (Å²) in [7, 11) is 0. The fourth-order valence-corrected chi connectivity index (χ4v) is 2.29. The van der Waals surface area contributed by atoms with Crippen molar-refractivity contribution in [3.05, 3.63) is 0 Å². The van der Waals surface area contributed by atoms with E-state index in [2.05, 4.69) is 5.32 Å². The van der Waals surface area contributed by atoms with E-state index < -0.39 is 11.8 Å². The molecule has 0 spiro atoms. The molecule has 0 radical (unpaired) electrons. The minimum absolute atomic E-state index is 0.118. The molecule has 0 saturated heterocycles.